The highest BCUT2D eigenvalue weighted by molar-refractivity contribution is 7.89. The Hall–Kier alpha value is -3.40. The summed E-state index contributed by atoms with van der Waals surface area (Å²) in [7, 11) is -8.73. The Bertz CT molecular complexity index is 1310. The molecule has 0 unspecified atom stereocenters. The first-order valence-corrected chi connectivity index (χ1v) is 11.3. The monoisotopic (exact) mass is 472 g/mol. The second-order valence-electron chi connectivity index (χ2n) is 6.28. The number of carboxylic acids is 1. The van der Waals surface area contributed by atoms with Crippen molar-refractivity contribution in [3.8, 4) is 5.88 Å². The maximum Gasteiger partial charge on any atom is 0.358 e. The lowest BCUT2D eigenvalue weighted by atomic mass is 10.1. The molecule has 1 aromatic heterocycles. The van der Waals surface area contributed by atoms with Crippen LogP contribution in [0.5, 0.6) is 5.88 Å². The number of hydrazine groups is 1. The van der Waals surface area contributed by atoms with Crippen LogP contribution in [0.3, 0.4) is 0 Å². The molecule has 15 heteroatoms. The molecular formula is C16H16N4O9S2. The van der Waals surface area contributed by atoms with Crippen LogP contribution in [-0.4, -0.2) is 51.9 Å². The van der Waals surface area contributed by atoms with Gasteiger partial charge < -0.3 is 15.6 Å². The van der Waals surface area contributed by atoms with Gasteiger partial charge in [-0.15, -0.1) is 0 Å². The topological polar surface area (TPSA) is 208 Å². The van der Waals surface area contributed by atoms with E-state index in [0.717, 1.165) is 22.9 Å². The predicted molar refractivity (Wildman–Crippen MR) is 107 cm³/mol. The van der Waals surface area contributed by atoms with Crippen molar-refractivity contribution in [1.82, 2.24) is 9.78 Å². The first kappa shape index (κ1) is 22.3. The highest BCUT2D eigenvalue weighted by atomic mass is 32.2. The van der Waals surface area contributed by atoms with Crippen molar-refractivity contribution >= 4 is 43.3 Å². The number of carbonyl (C=O) groups is 1. The molecule has 0 amide bonds. The molecule has 6 N–H and O–H groups in total. The number of benzene rings is 1. The molecule has 31 heavy (non-hydrogen) atoms. The first-order chi connectivity index (χ1) is 14.4. The number of anilines is 2. The Morgan fingerprint density at radius 2 is 1.61 bits per heavy atom. The Kier molecular flexibility index (Phi) is 5.77. The number of hydrogen-bond acceptors (Lipinski definition) is 9. The minimum Gasteiger partial charge on any atom is -0.492 e. The number of nitrogens with zero attached hydrogens (tertiary/aromatic N) is 2. The molecule has 2 aromatic rings. The van der Waals surface area contributed by atoms with Gasteiger partial charge in [-0.25, -0.2) is 9.48 Å². The van der Waals surface area contributed by atoms with Crippen LogP contribution in [0.1, 0.15) is 23.3 Å². The van der Waals surface area contributed by atoms with Crippen LogP contribution < -0.4 is 10.9 Å². The Labute approximate surface area is 175 Å². The van der Waals surface area contributed by atoms with Crippen LogP contribution in [0.4, 0.5) is 11.4 Å². The number of carboxylic acid groups (broad SMARTS) is 1. The fourth-order valence-electron chi connectivity index (χ4n) is 2.72. The van der Waals surface area contributed by atoms with E-state index in [4.69, 9.17) is 9.11 Å². The molecule has 1 heterocycles. The summed E-state index contributed by atoms with van der Waals surface area (Å²) in [6, 6.07) is 4.77. The maximum absolute atomic E-state index is 11.5. The van der Waals surface area contributed by atoms with Crippen LogP contribution in [0.2, 0.25) is 0 Å². The Morgan fingerprint density at radius 3 is 2.10 bits per heavy atom. The number of allylic oxidation sites excluding steroid dienone is 4. The van der Waals surface area contributed by atoms with Crippen molar-refractivity contribution in [3.05, 3.63) is 47.0 Å². The van der Waals surface area contributed by atoms with Crippen molar-refractivity contribution in [3.63, 3.8) is 0 Å². The van der Waals surface area contributed by atoms with Gasteiger partial charge in [-0.1, -0.05) is 0 Å². The van der Waals surface area contributed by atoms with Crippen molar-refractivity contribution in [2.75, 3.05) is 10.9 Å². The third-order valence-electron chi connectivity index (χ3n) is 4.24. The van der Waals surface area contributed by atoms with E-state index < -0.39 is 37.8 Å². The lowest BCUT2D eigenvalue weighted by molar-refractivity contribution is 0.0691. The van der Waals surface area contributed by atoms with E-state index in [0.29, 0.717) is 0 Å². The molecule has 0 saturated heterocycles. The zero-order chi connectivity index (χ0) is 23.0. The molecule has 0 bridgehead atoms. The van der Waals surface area contributed by atoms with Gasteiger partial charge in [-0.05, 0) is 49.3 Å². The zero-order valence-corrected chi connectivity index (χ0v) is 17.1. The third kappa shape index (κ3) is 4.85. The summed E-state index contributed by atoms with van der Waals surface area (Å²) in [6.07, 6.45) is 2.37. The van der Waals surface area contributed by atoms with Crippen molar-refractivity contribution in [2.24, 2.45) is 0 Å². The number of rotatable bonds is 7. The molecule has 0 aliphatic heterocycles. The quantitative estimate of drug-likeness (QED) is 0.249. The molecule has 13 nitrogen and oxygen atoms in total. The minimum absolute atomic E-state index is 0.0455. The number of aromatic hydroxyl groups is 1. The number of nitrogens with one attached hydrogen (secondary N) is 2. The van der Waals surface area contributed by atoms with Gasteiger partial charge in [0.25, 0.3) is 20.2 Å². The summed E-state index contributed by atoms with van der Waals surface area (Å²) in [5.74, 6) is -2.06. The highest BCUT2D eigenvalue weighted by Gasteiger charge is 2.26. The Morgan fingerprint density at radius 1 is 0.968 bits per heavy atom. The predicted octanol–water partition coefficient (Wildman–Crippen LogP) is 1.38. The zero-order valence-electron chi connectivity index (χ0n) is 15.4. The van der Waals surface area contributed by atoms with Crippen LogP contribution in [-0.2, 0) is 20.2 Å². The standard InChI is InChI=1S/C16H16N4O9S2/c21-15-13(18-17-9-1-5-11(6-2-9)30(24,25)26)14(16(22)23)19-20(15)10-3-7-12(8-4-10)31(27,28)29/h1-3,5-7,17-18,21H,4,8H2,(H,22,23)(H,24,25,26)(H,27,28,29). The van der Waals surface area contributed by atoms with E-state index in [2.05, 4.69) is 16.0 Å². The van der Waals surface area contributed by atoms with Gasteiger partial charge in [0.05, 0.1) is 15.5 Å². The van der Waals surface area contributed by atoms with E-state index in [1.54, 1.807) is 0 Å². The maximum atomic E-state index is 11.5. The summed E-state index contributed by atoms with van der Waals surface area (Å²) in [5.41, 5.74) is 4.74. The minimum atomic E-state index is -4.38. The first-order valence-electron chi connectivity index (χ1n) is 8.40. The molecule has 0 radical (unpaired) electrons. The molecule has 166 valence electrons. The van der Waals surface area contributed by atoms with E-state index in [1.165, 1.54) is 18.2 Å². The average molecular weight is 472 g/mol. The van der Waals surface area contributed by atoms with Gasteiger partial charge in [-0.3, -0.25) is 14.5 Å². The molecule has 1 aliphatic rings. The SMILES string of the molecule is O=C(O)c1nn(C2=CC=C(S(=O)(=O)O)CC2)c(O)c1NNc1ccc(S(=O)(=O)O)cc1. The number of aromatic nitrogens is 2. The van der Waals surface area contributed by atoms with E-state index in [9.17, 15) is 31.8 Å². The lowest BCUT2D eigenvalue weighted by Crippen LogP contribution is -2.12. The van der Waals surface area contributed by atoms with Gasteiger partial charge in [0.2, 0.25) is 5.88 Å². The second-order valence-corrected chi connectivity index (χ2v) is 9.18. The number of aromatic carboxylic acids is 1. The fraction of sp³-hybridized carbons (Fsp3) is 0.125. The molecule has 0 atom stereocenters. The van der Waals surface area contributed by atoms with Crippen molar-refractivity contribution in [2.45, 2.75) is 17.7 Å². The van der Waals surface area contributed by atoms with Crippen LogP contribution >= 0.6 is 0 Å². The Balaban J connectivity index is 1.88. The summed E-state index contributed by atoms with van der Waals surface area (Å²) in [4.78, 5) is 11.0. The van der Waals surface area contributed by atoms with E-state index >= 15 is 0 Å². The largest absolute Gasteiger partial charge is 0.492 e. The lowest BCUT2D eigenvalue weighted by Gasteiger charge is -2.14. The normalized spacial score (nSPS) is 14.5. The van der Waals surface area contributed by atoms with Gasteiger partial charge in [0.15, 0.2) is 11.4 Å². The third-order valence-corrected chi connectivity index (χ3v) is 6.11. The van der Waals surface area contributed by atoms with Crippen LogP contribution in [0, 0.1) is 0 Å². The van der Waals surface area contributed by atoms with E-state index in [-0.39, 0.29) is 39.7 Å². The second kappa shape index (κ2) is 8.03. The van der Waals surface area contributed by atoms with Crippen LogP contribution in [0.15, 0.2) is 46.2 Å². The fourth-order valence-corrected chi connectivity index (χ4v) is 3.80. The summed E-state index contributed by atoms with van der Waals surface area (Å²) < 4.78 is 63.5. The average Bonchev–Trinajstić information content (AvgIpc) is 3.02. The van der Waals surface area contributed by atoms with Crippen molar-refractivity contribution in [1.29, 1.82) is 0 Å². The van der Waals surface area contributed by atoms with Gasteiger partial charge in [-0.2, -0.15) is 21.9 Å². The van der Waals surface area contributed by atoms with Gasteiger partial charge in [0, 0.05) is 5.70 Å². The summed E-state index contributed by atoms with van der Waals surface area (Å²) in [5, 5.41) is 23.7. The molecule has 1 aliphatic carbocycles. The highest BCUT2D eigenvalue weighted by Crippen LogP contribution is 2.34. The van der Waals surface area contributed by atoms with Gasteiger partial charge >= 0.3 is 5.97 Å². The van der Waals surface area contributed by atoms with E-state index in [1.807, 2.05) is 0 Å². The summed E-state index contributed by atoms with van der Waals surface area (Å²) in [6.45, 7) is 0. The molecule has 0 saturated carbocycles. The molecule has 0 spiro atoms. The smallest absolute Gasteiger partial charge is 0.358 e. The van der Waals surface area contributed by atoms with Gasteiger partial charge in [0.1, 0.15) is 0 Å². The molecular weight excluding hydrogens is 456 g/mol. The molecule has 3 rings (SSSR count). The van der Waals surface area contributed by atoms with Crippen LogP contribution in [0.25, 0.3) is 5.70 Å². The van der Waals surface area contributed by atoms with Crippen molar-refractivity contribution < 1.29 is 40.9 Å². The summed E-state index contributed by atoms with van der Waals surface area (Å²) >= 11 is 0. The number of hydrogen-bond donors (Lipinski definition) is 6. The molecule has 0 fully saturated rings. The molecule has 1 aromatic carbocycles.